The highest BCUT2D eigenvalue weighted by Gasteiger charge is 2.24. The molecule has 25 heavy (non-hydrogen) atoms. The van der Waals surface area contributed by atoms with Crippen LogP contribution in [0, 0.1) is 0 Å². The third-order valence-electron chi connectivity index (χ3n) is 3.68. The van der Waals surface area contributed by atoms with Crippen molar-refractivity contribution in [1.82, 2.24) is 0 Å². The first-order chi connectivity index (χ1) is 11.9. The third kappa shape index (κ3) is 3.60. The second-order valence-corrected chi connectivity index (χ2v) is 6.75. The number of rotatable bonds is 4. The summed E-state index contributed by atoms with van der Waals surface area (Å²) in [6.07, 6.45) is 1.73. The van der Waals surface area contributed by atoms with Crippen LogP contribution >= 0.6 is 23.2 Å². The maximum absolute atomic E-state index is 12.3. The van der Waals surface area contributed by atoms with E-state index in [1.165, 1.54) is 0 Å². The number of benzene rings is 2. The van der Waals surface area contributed by atoms with Crippen LogP contribution < -0.4 is 14.8 Å². The summed E-state index contributed by atoms with van der Waals surface area (Å²) in [6, 6.07) is 8.83. The minimum Gasteiger partial charge on any atom is -0.493 e. The van der Waals surface area contributed by atoms with E-state index in [1.807, 2.05) is 19.9 Å². The number of ether oxygens (including phenoxy) is 2. The Bertz CT molecular complexity index is 875. The van der Waals surface area contributed by atoms with Crippen LogP contribution in [0.15, 0.2) is 30.3 Å². The first-order valence-electron chi connectivity index (χ1n) is 7.76. The molecule has 0 aliphatic carbocycles. The number of hydrogen-bond acceptors (Lipinski definition) is 3. The van der Waals surface area contributed by atoms with Crippen molar-refractivity contribution in [2.24, 2.45) is 0 Å². The standard InChI is InChI=1S/C19H17Cl2NO3/c1-10(2)25-18-15(21)7-11(8-17(18)24-3)6-14-13-5-4-12(20)9-16(13)22-19(14)23/h4-10H,1-3H3,(H,22,23). The van der Waals surface area contributed by atoms with Gasteiger partial charge in [0.15, 0.2) is 11.5 Å². The maximum atomic E-state index is 12.3. The molecule has 0 saturated carbocycles. The van der Waals surface area contributed by atoms with Gasteiger partial charge in [-0.25, -0.2) is 0 Å². The van der Waals surface area contributed by atoms with Crippen LogP contribution in [0.3, 0.4) is 0 Å². The third-order valence-corrected chi connectivity index (χ3v) is 4.20. The molecule has 0 spiro atoms. The summed E-state index contributed by atoms with van der Waals surface area (Å²) in [5, 5.41) is 3.80. The summed E-state index contributed by atoms with van der Waals surface area (Å²) in [5.74, 6) is 0.821. The monoisotopic (exact) mass is 377 g/mol. The number of halogens is 2. The summed E-state index contributed by atoms with van der Waals surface area (Å²) in [6.45, 7) is 3.83. The van der Waals surface area contributed by atoms with Gasteiger partial charge in [0.05, 0.1) is 23.9 Å². The highest BCUT2D eigenvalue weighted by atomic mass is 35.5. The Morgan fingerprint density at radius 2 is 1.92 bits per heavy atom. The number of amides is 1. The number of anilines is 1. The smallest absolute Gasteiger partial charge is 0.256 e. The number of methoxy groups -OCH3 is 1. The molecular weight excluding hydrogens is 361 g/mol. The van der Waals surface area contributed by atoms with Crippen molar-refractivity contribution in [2.45, 2.75) is 20.0 Å². The quantitative estimate of drug-likeness (QED) is 0.737. The predicted molar refractivity (Wildman–Crippen MR) is 102 cm³/mol. The largest absolute Gasteiger partial charge is 0.493 e. The fourth-order valence-electron chi connectivity index (χ4n) is 2.65. The molecule has 1 amide bonds. The molecule has 1 N–H and O–H groups in total. The molecule has 0 aromatic heterocycles. The van der Waals surface area contributed by atoms with Gasteiger partial charge in [-0.05, 0) is 49.8 Å². The van der Waals surface area contributed by atoms with E-state index in [2.05, 4.69) is 5.32 Å². The van der Waals surface area contributed by atoms with Crippen molar-refractivity contribution in [3.05, 3.63) is 51.5 Å². The van der Waals surface area contributed by atoms with Crippen molar-refractivity contribution >= 4 is 46.4 Å². The lowest BCUT2D eigenvalue weighted by atomic mass is 10.0. The van der Waals surface area contributed by atoms with Crippen LogP contribution in [-0.2, 0) is 4.79 Å². The predicted octanol–water partition coefficient (Wildman–Crippen LogP) is 5.28. The van der Waals surface area contributed by atoms with Crippen LogP contribution in [0.5, 0.6) is 11.5 Å². The molecule has 1 aliphatic heterocycles. The minimum absolute atomic E-state index is 0.0344. The fourth-order valence-corrected chi connectivity index (χ4v) is 3.09. The molecule has 0 atom stereocenters. The summed E-state index contributed by atoms with van der Waals surface area (Å²) >= 11 is 12.3. The lowest BCUT2D eigenvalue weighted by Gasteiger charge is -2.15. The molecule has 6 heteroatoms. The SMILES string of the molecule is COc1cc(C=C2C(=O)Nc3cc(Cl)ccc32)cc(Cl)c1OC(C)C. The van der Waals surface area contributed by atoms with E-state index < -0.39 is 0 Å². The van der Waals surface area contributed by atoms with E-state index in [0.717, 1.165) is 11.1 Å². The van der Waals surface area contributed by atoms with Crippen LogP contribution in [0.1, 0.15) is 25.0 Å². The van der Waals surface area contributed by atoms with Gasteiger partial charge < -0.3 is 14.8 Å². The number of carbonyl (C=O) groups is 1. The Morgan fingerprint density at radius 1 is 1.16 bits per heavy atom. The van der Waals surface area contributed by atoms with Gasteiger partial charge >= 0.3 is 0 Å². The lowest BCUT2D eigenvalue weighted by molar-refractivity contribution is -0.110. The van der Waals surface area contributed by atoms with Gasteiger partial charge in [-0.2, -0.15) is 0 Å². The van der Waals surface area contributed by atoms with Crippen LogP contribution in [-0.4, -0.2) is 19.1 Å². The van der Waals surface area contributed by atoms with E-state index in [1.54, 1.807) is 37.5 Å². The zero-order valence-electron chi connectivity index (χ0n) is 14.0. The molecule has 1 heterocycles. The average Bonchev–Trinajstić information content (AvgIpc) is 2.84. The van der Waals surface area contributed by atoms with E-state index >= 15 is 0 Å². The Balaban J connectivity index is 2.05. The van der Waals surface area contributed by atoms with E-state index in [9.17, 15) is 4.79 Å². The zero-order chi connectivity index (χ0) is 18.1. The molecule has 2 aromatic carbocycles. The zero-order valence-corrected chi connectivity index (χ0v) is 15.5. The average molecular weight is 378 g/mol. The highest BCUT2D eigenvalue weighted by Crippen LogP contribution is 2.39. The van der Waals surface area contributed by atoms with Crippen molar-refractivity contribution in [1.29, 1.82) is 0 Å². The van der Waals surface area contributed by atoms with Gasteiger partial charge in [0.1, 0.15) is 0 Å². The van der Waals surface area contributed by atoms with Gasteiger partial charge in [-0.3, -0.25) is 4.79 Å². The van der Waals surface area contributed by atoms with Crippen LogP contribution in [0.2, 0.25) is 10.0 Å². The number of fused-ring (bicyclic) bond motifs is 1. The van der Waals surface area contributed by atoms with E-state index in [-0.39, 0.29) is 12.0 Å². The van der Waals surface area contributed by atoms with Crippen molar-refractivity contribution in [3.63, 3.8) is 0 Å². The highest BCUT2D eigenvalue weighted by molar-refractivity contribution is 6.37. The molecule has 0 fully saturated rings. The van der Waals surface area contributed by atoms with Gasteiger partial charge in [0, 0.05) is 16.2 Å². The molecule has 0 radical (unpaired) electrons. The van der Waals surface area contributed by atoms with Crippen LogP contribution in [0.4, 0.5) is 5.69 Å². The number of carbonyl (C=O) groups excluding carboxylic acids is 1. The van der Waals surface area contributed by atoms with E-state index in [0.29, 0.717) is 32.8 Å². The van der Waals surface area contributed by atoms with Crippen molar-refractivity contribution < 1.29 is 14.3 Å². The molecule has 0 saturated heterocycles. The molecule has 130 valence electrons. The first-order valence-corrected chi connectivity index (χ1v) is 8.52. The normalized spacial score (nSPS) is 14.6. The van der Waals surface area contributed by atoms with Gasteiger partial charge in [-0.1, -0.05) is 29.3 Å². The second-order valence-electron chi connectivity index (χ2n) is 5.90. The van der Waals surface area contributed by atoms with E-state index in [4.69, 9.17) is 32.7 Å². The first kappa shape index (κ1) is 17.6. The Kier molecular flexibility index (Phi) is 4.93. The Morgan fingerprint density at radius 3 is 2.60 bits per heavy atom. The molecule has 0 bridgehead atoms. The second kappa shape index (κ2) is 6.98. The molecule has 0 unspecified atom stereocenters. The number of hydrogen-bond donors (Lipinski definition) is 1. The van der Waals surface area contributed by atoms with Crippen LogP contribution in [0.25, 0.3) is 11.6 Å². The minimum atomic E-state index is -0.185. The molecule has 2 aromatic rings. The molecular formula is C19H17Cl2NO3. The summed E-state index contributed by atoms with van der Waals surface area (Å²) < 4.78 is 11.1. The van der Waals surface area contributed by atoms with Crippen molar-refractivity contribution in [3.8, 4) is 11.5 Å². The van der Waals surface area contributed by atoms with Gasteiger partial charge in [-0.15, -0.1) is 0 Å². The molecule has 4 nitrogen and oxygen atoms in total. The van der Waals surface area contributed by atoms with Gasteiger partial charge in [0.2, 0.25) is 0 Å². The Labute approximate surface area is 156 Å². The summed E-state index contributed by atoms with van der Waals surface area (Å²) in [4.78, 5) is 12.3. The Hall–Kier alpha value is -2.17. The number of nitrogens with one attached hydrogen (secondary N) is 1. The summed E-state index contributed by atoms with van der Waals surface area (Å²) in [5.41, 5.74) is 2.78. The maximum Gasteiger partial charge on any atom is 0.256 e. The topological polar surface area (TPSA) is 47.6 Å². The van der Waals surface area contributed by atoms with Gasteiger partial charge in [0.25, 0.3) is 5.91 Å². The molecule has 1 aliphatic rings. The lowest BCUT2D eigenvalue weighted by Crippen LogP contribution is -2.07. The fraction of sp³-hybridized carbons (Fsp3) is 0.211. The molecule has 3 rings (SSSR count). The van der Waals surface area contributed by atoms with Crippen molar-refractivity contribution in [2.75, 3.05) is 12.4 Å². The summed E-state index contributed by atoms with van der Waals surface area (Å²) in [7, 11) is 1.55.